The van der Waals surface area contributed by atoms with Crippen LogP contribution in [0.25, 0.3) is 0 Å². The quantitative estimate of drug-likeness (QED) is 0.909. The van der Waals surface area contributed by atoms with E-state index in [0.717, 1.165) is 22.0 Å². The summed E-state index contributed by atoms with van der Waals surface area (Å²) in [7, 11) is 1.70. The van der Waals surface area contributed by atoms with Crippen molar-refractivity contribution in [3.63, 3.8) is 0 Å². The third kappa shape index (κ3) is 3.90. The number of hydrogen-bond donors (Lipinski definition) is 1. The number of benzene rings is 2. The summed E-state index contributed by atoms with van der Waals surface area (Å²) >= 11 is 3.39. The number of ether oxygens (including phenoxy) is 1. The Morgan fingerprint density at radius 1 is 1.00 bits per heavy atom. The summed E-state index contributed by atoms with van der Waals surface area (Å²) in [5.74, 6) is 0. The molecule has 2 rings (SSSR count). The molecule has 100 valence electrons. The van der Waals surface area contributed by atoms with Crippen LogP contribution >= 0.6 is 15.9 Å². The van der Waals surface area contributed by atoms with Gasteiger partial charge in [-0.15, -0.1) is 0 Å². The normalized spacial score (nSPS) is 12.4. The molecule has 1 N–H and O–H groups in total. The molecule has 1 atom stereocenters. The molecule has 19 heavy (non-hydrogen) atoms. The van der Waals surface area contributed by atoms with Gasteiger partial charge in [-0.1, -0.05) is 52.3 Å². The fourth-order valence-electron chi connectivity index (χ4n) is 1.92. The second-order valence-corrected chi connectivity index (χ2v) is 5.35. The Balaban J connectivity index is 2.10. The van der Waals surface area contributed by atoms with Crippen LogP contribution < -0.4 is 0 Å². The molecule has 2 aromatic rings. The van der Waals surface area contributed by atoms with Gasteiger partial charge in [-0.25, -0.2) is 0 Å². The predicted molar refractivity (Wildman–Crippen MR) is 80.2 cm³/mol. The fraction of sp³-hybridized carbons (Fsp3) is 0.250. The van der Waals surface area contributed by atoms with Crippen LogP contribution in [0.2, 0.25) is 0 Å². The average Bonchev–Trinajstić information content (AvgIpc) is 2.46. The van der Waals surface area contributed by atoms with Crippen molar-refractivity contribution in [2.75, 3.05) is 13.7 Å². The first-order chi connectivity index (χ1) is 9.20. The topological polar surface area (TPSA) is 29.5 Å². The van der Waals surface area contributed by atoms with Crippen molar-refractivity contribution < 1.29 is 9.84 Å². The Labute approximate surface area is 122 Å². The number of hydrogen-bond acceptors (Lipinski definition) is 2. The van der Waals surface area contributed by atoms with Gasteiger partial charge in [0.1, 0.15) is 6.10 Å². The van der Waals surface area contributed by atoms with Gasteiger partial charge in [0.15, 0.2) is 0 Å². The lowest BCUT2D eigenvalue weighted by atomic mass is 10.00. The molecule has 0 saturated carbocycles. The van der Waals surface area contributed by atoms with E-state index in [4.69, 9.17) is 4.74 Å². The maximum Gasteiger partial charge on any atom is 0.104 e. The molecule has 1 unspecified atom stereocenters. The van der Waals surface area contributed by atoms with Crippen LogP contribution in [0.3, 0.4) is 0 Å². The molecule has 3 heteroatoms. The lowest BCUT2D eigenvalue weighted by Crippen LogP contribution is -2.00. The first-order valence-electron chi connectivity index (χ1n) is 6.22. The minimum absolute atomic E-state index is 0.579. The summed E-state index contributed by atoms with van der Waals surface area (Å²) in [6.07, 6.45) is 0.315. The van der Waals surface area contributed by atoms with E-state index in [1.807, 2.05) is 48.5 Å². The summed E-state index contributed by atoms with van der Waals surface area (Å²) in [6.45, 7) is 0.717. The number of methoxy groups -OCH3 is 1. The molecule has 0 heterocycles. The molecule has 0 aliphatic rings. The summed E-state index contributed by atoms with van der Waals surface area (Å²) in [5, 5.41) is 10.3. The van der Waals surface area contributed by atoms with Gasteiger partial charge in [-0.3, -0.25) is 0 Å². The minimum Gasteiger partial charge on any atom is -0.384 e. The minimum atomic E-state index is -0.579. The Kier molecular flexibility index (Phi) is 5.14. The second kappa shape index (κ2) is 6.85. The smallest absolute Gasteiger partial charge is 0.104 e. The molecule has 0 spiro atoms. The highest BCUT2D eigenvalue weighted by Crippen LogP contribution is 2.23. The molecule has 0 aliphatic carbocycles. The molecule has 0 radical (unpaired) electrons. The van der Waals surface area contributed by atoms with Crippen LogP contribution in [-0.4, -0.2) is 18.8 Å². The molecular formula is C16H17BrO2. The van der Waals surface area contributed by atoms with Crippen LogP contribution in [0.15, 0.2) is 53.0 Å². The van der Waals surface area contributed by atoms with E-state index in [0.29, 0.717) is 6.61 Å². The van der Waals surface area contributed by atoms with E-state index >= 15 is 0 Å². The van der Waals surface area contributed by atoms with Crippen molar-refractivity contribution in [3.05, 3.63) is 69.7 Å². The standard InChI is InChI=1S/C16H17BrO2/c1-19-11-10-12-2-4-13(5-3-12)16(18)14-6-8-15(17)9-7-14/h2-9,16,18H,10-11H2,1H3. The summed E-state index contributed by atoms with van der Waals surface area (Å²) in [4.78, 5) is 0. The predicted octanol–water partition coefficient (Wildman–Crippen LogP) is 3.72. The van der Waals surface area contributed by atoms with Crippen molar-refractivity contribution in [2.24, 2.45) is 0 Å². The lowest BCUT2D eigenvalue weighted by Gasteiger charge is -2.12. The van der Waals surface area contributed by atoms with E-state index in [-0.39, 0.29) is 0 Å². The van der Waals surface area contributed by atoms with Crippen molar-refractivity contribution in [1.29, 1.82) is 0 Å². The van der Waals surface area contributed by atoms with Crippen molar-refractivity contribution in [2.45, 2.75) is 12.5 Å². The third-order valence-corrected chi connectivity index (χ3v) is 3.60. The molecule has 2 aromatic carbocycles. The van der Waals surface area contributed by atoms with Crippen LogP contribution in [0.1, 0.15) is 22.8 Å². The van der Waals surface area contributed by atoms with Crippen LogP contribution in [0, 0.1) is 0 Å². The number of halogens is 1. The summed E-state index contributed by atoms with van der Waals surface area (Å²) in [5.41, 5.74) is 3.02. The van der Waals surface area contributed by atoms with Gasteiger partial charge in [-0.2, -0.15) is 0 Å². The van der Waals surface area contributed by atoms with E-state index in [1.54, 1.807) is 7.11 Å². The highest BCUT2D eigenvalue weighted by Gasteiger charge is 2.09. The molecule has 0 amide bonds. The first kappa shape index (κ1) is 14.3. The third-order valence-electron chi connectivity index (χ3n) is 3.08. The Morgan fingerprint density at radius 2 is 1.53 bits per heavy atom. The zero-order valence-corrected chi connectivity index (χ0v) is 12.4. The number of aliphatic hydroxyl groups is 1. The van der Waals surface area contributed by atoms with Crippen molar-refractivity contribution in [1.82, 2.24) is 0 Å². The monoisotopic (exact) mass is 320 g/mol. The molecule has 2 nitrogen and oxygen atoms in total. The van der Waals surface area contributed by atoms with Crippen molar-refractivity contribution in [3.8, 4) is 0 Å². The number of rotatable bonds is 5. The lowest BCUT2D eigenvalue weighted by molar-refractivity contribution is 0.202. The van der Waals surface area contributed by atoms with E-state index < -0.39 is 6.10 Å². The van der Waals surface area contributed by atoms with E-state index in [2.05, 4.69) is 15.9 Å². The van der Waals surface area contributed by atoms with Gasteiger partial charge in [0, 0.05) is 11.6 Å². The first-order valence-corrected chi connectivity index (χ1v) is 7.01. The molecule has 0 fully saturated rings. The second-order valence-electron chi connectivity index (χ2n) is 4.44. The van der Waals surface area contributed by atoms with Gasteiger partial charge in [0.05, 0.1) is 6.61 Å². The van der Waals surface area contributed by atoms with Crippen LogP contribution in [0.4, 0.5) is 0 Å². The van der Waals surface area contributed by atoms with Crippen LogP contribution in [0.5, 0.6) is 0 Å². The van der Waals surface area contributed by atoms with Gasteiger partial charge < -0.3 is 9.84 Å². The Bertz CT molecular complexity index is 505. The fourth-order valence-corrected chi connectivity index (χ4v) is 2.19. The van der Waals surface area contributed by atoms with E-state index in [9.17, 15) is 5.11 Å². The van der Waals surface area contributed by atoms with Crippen LogP contribution in [-0.2, 0) is 11.2 Å². The average molecular weight is 321 g/mol. The SMILES string of the molecule is COCCc1ccc(C(O)c2ccc(Br)cc2)cc1. The zero-order valence-electron chi connectivity index (χ0n) is 10.8. The Morgan fingerprint density at radius 3 is 2.05 bits per heavy atom. The molecular weight excluding hydrogens is 304 g/mol. The van der Waals surface area contributed by atoms with Gasteiger partial charge in [0.25, 0.3) is 0 Å². The highest BCUT2D eigenvalue weighted by atomic mass is 79.9. The molecule has 0 bridgehead atoms. The summed E-state index contributed by atoms with van der Waals surface area (Å²) < 4.78 is 6.06. The molecule has 0 saturated heterocycles. The van der Waals surface area contributed by atoms with Gasteiger partial charge >= 0.3 is 0 Å². The number of aliphatic hydroxyl groups excluding tert-OH is 1. The maximum absolute atomic E-state index is 10.3. The highest BCUT2D eigenvalue weighted by molar-refractivity contribution is 9.10. The van der Waals surface area contributed by atoms with Gasteiger partial charge in [-0.05, 0) is 35.2 Å². The van der Waals surface area contributed by atoms with Gasteiger partial charge in [0.2, 0.25) is 0 Å². The summed E-state index contributed by atoms with van der Waals surface area (Å²) in [6, 6.07) is 15.7. The molecule has 0 aromatic heterocycles. The maximum atomic E-state index is 10.3. The zero-order chi connectivity index (χ0) is 13.7. The van der Waals surface area contributed by atoms with E-state index in [1.165, 1.54) is 5.56 Å². The van der Waals surface area contributed by atoms with Crippen molar-refractivity contribution >= 4 is 15.9 Å². The largest absolute Gasteiger partial charge is 0.384 e. The Hall–Kier alpha value is -1.16. The molecule has 0 aliphatic heterocycles.